The molecule has 0 radical (unpaired) electrons. The van der Waals surface area contributed by atoms with Crippen LogP contribution in [0.5, 0.6) is 0 Å². The van der Waals surface area contributed by atoms with Gasteiger partial charge in [-0.2, -0.15) is 5.26 Å². The van der Waals surface area contributed by atoms with Crippen molar-refractivity contribution < 1.29 is 0 Å². The van der Waals surface area contributed by atoms with Crippen LogP contribution in [0.1, 0.15) is 17.6 Å². The number of nitrogens with zero attached hydrogens (tertiary/aromatic N) is 2. The second-order valence-electron chi connectivity index (χ2n) is 2.02. The van der Waals surface area contributed by atoms with Crippen LogP contribution in [0.15, 0.2) is 5.38 Å². The Morgan fingerprint density at radius 2 is 2.64 bits per heavy atom. The molecule has 1 aromatic heterocycles. The maximum absolute atomic E-state index is 8.45. The Morgan fingerprint density at radius 3 is 3.18 bits per heavy atom. The van der Waals surface area contributed by atoms with Gasteiger partial charge < -0.3 is 5.32 Å². The minimum Gasteiger partial charge on any atom is -0.311 e. The maximum atomic E-state index is 8.45. The fraction of sp³-hybridized carbons (Fsp3) is 0.429. The third kappa shape index (κ3) is 2.30. The summed E-state index contributed by atoms with van der Waals surface area (Å²) in [5.41, 5.74) is 0.517. The fourth-order valence-electron chi connectivity index (χ4n) is 0.675. The summed E-state index contributed by atoms with van der Waals surface area (Å²) in [6.45, 7) is 3.74. The zero-order valence-corrected chi connectivity index (χ0v) is 7.11. The van der Waals surface area contributed by atoms with E-state index < -0.39 is 0 Å². The molecule has 0 saturated heterocycles. The molecule has 0 saturated carbocycles. The first-order chi connectivity index (χ1) is 5.36. The molecular formula is C7H9N3S. The average Bonchev–Trinajstić information content (AvgIpc) is 2.48. The van der Waals surface area contributed by atoms with E-state index in [2.05, 4.69) is 10.3 Å². The summed E-state index contributed by atoms with van der Waals surface area (Å²) in [6, 6.07) is 2.00. The van der Waals surface area contributed by atoms with Gasteiger partial charge in [-0.25, -0.2) is 4.98 Å². The Labute approximate surface area is 69.7 Å². The molecule has 0 bridgehead atoms. The molecule has 0 aromatic carbocycles. The SMILES string of the molecule is CCNCc1nc(C#N)cs1. The summed E-state index contributed by atoms with van der Waals surface area (Å²) in [4.78, 5) is 4.06. The van der Waals surface area contributed by atoms with Gasteiger partial charge in [-0.05, 0) is 6.54 Å². The first-order valence-corrected chi connectivity index (χ1v) is 4.30. The van der Waals surface area contributed by atoms with Gasteiger partial charge in [0.2, 0.25) is 0 Å². The van der Waals surface area contributed by atoms with Gasteiger partial charge in [-0.15, -0.1) is 11.3 Å². The topological polar surface area (TPSA) is 48.7 Å². The minimum absolute atomic E-state index is 0.517. The van der Waals surface area contributed by atoms with Crippen molar-refractivity contribution in [2.45, 2.75) is 13.5 Å². The number of nitriles is 1. The number of hydrogen-bond donors (Lipinski definition) is 1. The van der Waals surface area contributed by atoms with E-state index in [0.29, 0.717) is 5.69 Å². The molecule has 0 spiro atoms. The van der Waals surface area contributed by atoms with E-state index in [1.807, 2.05) is 13.0 Å². The van der Waals surface area contributed by atoms with Gasteiger partial charge >= 0.3 is 0 Å². The lowest BCUT2D eigenvalue weighted by Crippen LogP contribution is -2.11. The standard InChI is InChI=1S/C7H9N3S/c1-2-9-4-7-10-6(3-8)5-11-7/h5,9H,2,4H2,1H3. The lowest BCUT2D eigenvalue weighted by Gasteiger charge is -1.93. The van der Waals surface area contributed by atoms with Gasteiger partial charge in [0.05, 0.1) is 0 Å². The first-order valence-electron chi connectivity index (χ1n) is 3.42. The molecule has 4 heteroatoms. The van der Waals surface area contributed by atoms with Crippen LogP contribution < -0.4 is 5.32 Å². The molecule has 0 aliphatic rings. The van der Waals surface area contributed by atoms with Crippen LogP contribution in [0.2, 0.25) is 0 Å². The summed E-state index contributed by atoms with van der Waals surface area (Å²) in [7, 11) is 0. The summed E-state index contributed by atoms with van der Waals surface area (Å²) in [5, 5.41) is 14.3. The third-order valence-corrected chi connectivity index (χ3v) is 2.04. The Balaban J connectivity index is 2.53. The van der Waals surface area contributed by atoms with Crippen LogP contribution in [0.3, 0.4) is 0 Å². The van der Waals surface area contributed by atoms with E-state index in [1.165, 1.54) is 11.3 Å². The van der Waals surface area contributed by atoms with Crippen LogP contribution >= 0.6 is 11.3 Å². The van der Waals surface area contributed by atoms with Crippen LogP contribution in [0.25, 0.3) is 0 Å². The van der Waals surface area contributed by atoms with E-state index in [4.69, 9.17) is 5.26 Å². The molecule has 11 heavy (non-hydrogen) atoms. The van der Waals surface area contributed by atoms with E-state index in [-0.39, 0.29) is 0 Å². The number of hydrogen-bond acceptors (Lipinski definition) is 4. The number of aromatic nitrogens is 1. The lowest BCUT2D eigenvalue weighted by molar-refractivity contribution is 0.722. The predicted octanol–water partition coefficient (Wildman–Crippen LogP) is 1.12. The molecule has 1 heterocycles. The first kappa shape index (κ1) is 8.18. The van der Waals surface area contributed by atoms with E-state index >= 15 is 0 Å². The highest BCUT2D eigenvalue weighted by Gasteiger charge is 1.98. The minimum atomic E-state index is 0.517. The lowest BCUT2D eigenvalue weighted by atomic mass is 10.5. The van der Waals surface area contributed by atoms with Crippen molar-refractivity contribution in [2.75, 3.05) is 6.54 Å². The number of rotatable bonds is 3. The van der Waals surface area contributed by atoms with Gasteiger partial charge in [0.1, 0.15) is 11.1 Å². The van der Waals surface area contributed by atoms with Crippen LogP contribution in [0, 0.1) is 11.3 Å². The molecule has 0 fully saturated rings. The molecule has 1 rings (SSSR count). The number of thiazole rings is 1. The average molecular weight is 167 g/mol. The summed E-state index contributed by atoms with van der Waals surface area (Å²) in [5.74, 6) is 0. The van der Waals surface area contributed by atoms with Crippen molar-refractivity contribution in [1.29, 1.82) is 5.26 Å². The molecule has 0 unspecified atom stereocenters. The quantitative estimate of drug-likeness (QED) is 0.734. The second-order valence-corrected chi connectivity index (χ2v) is 2.96. The normalized spacial score (nSPS) is 9.45. The van der Waals surface area contributed by atoms with Crippen molar-refractivity contribution in [2.24, 2.45) is 0 Å². The molecule has 0 aliphatic heterocycles. The summed E-state index contributed by atoms with van der Waals surface area (Å²) >= 11 is 1.52. The summed E-state index contributed by atoms with van der Waals surface area (Å²) < 4.78 is 0. The fourth-order valence-corrected chi connectivity index (χ4v) is 1.36. The molecule has 1 aromatic rings. The van der Waals surface area contributed by atoms with Gasteiger partial charge in [0.15, 0.2) is 5.69 Å². The highest BCUT2D eigenvalue weighted by Crippen LogP contribution is 2.07. The zero-order valence-electron chi connectivity index (χ0n) is 6.29. The molecule has 3 nitrogen and oxygen atoms in total. The van der Waals surface area contributed by atoms with Crippen molar-refractivity contribution in [1.82, 2.24) is 10.3 Å². The van der Waals surface area contributed by atoms with Crippen LogP contribution in [-0.2, 0) is 6.54 Å². The third-order valence-electron chi connectivity index (χ3n) is 1.19. The van der Waals surface area contributed by atoms with Crippen molar-refractivity contribution in [3.05, 3.63) is 16.1 Å². The Morgan fingerprint density at radius 1 is 1.82 bits per heavy atom. The molecule has 1 N–H and O–H groups in total. The largest absolute Gasteiger partial charge is 0.311 e. The molecule has 0 atom stereocenters. The maximum Gasteiger partial charge on any atom is 0.151 e. The molecule has 0 amide bonds. The van der Waals surface area contributed by atoms with E-state index in [1.54, 1.807) is 5.38 Å². The van der Waals surface area contributed by atoms with Gasteiger partial charge in [-0.1, -0.05) is 6.92 Å². The Bertz CT molecular complexity index is 261. The van der Waals surface area contributed by atoms with Gasteiger partial charge in [0.25, 0.3) is 0 Å². The van der Waals surface area contributed by atoms with Crippen molar-refractivity contribution >= 4 is 11.3 Å². The second kappa shape index (κ2) is 4.06. The van der Waals surface area contributed by atoms with Crippen molar-refractivity contribution in [3.63, 3.8) is 0 Å². The highest BCUT2D eigenvalue weighted by molar-refractivity contribution is 7.09. The monoisotopic (exact) mass is 167 g/mol. The zero-order chi connectivity index (χ0) is 8.10. The molecule has 0 aliphatic carbocycles. The Kier molecular flexibility index (Phi) is 3.02. The van der Waals surface area contributed by atoms with Crippen LogP contribution in [-0.4, -0.2) is 11.5 Å². The summed E-state index contributed by atoms with van der Waals surface area (Å²) in [6.07, 6.45) is 0. The van der Waals surface area contributed by atoms with Crippen LogP contribution in [0.4, 0.5) is 0 Å². The molecular weight excluding hydrogens is 158 g/mol. The van der Waals surface area contributed by atoms with Gasteiger partial charge in [-0.3, -0.25) is 0 Å². The molecule has 58 valence electrons. The highest BCUT2D eigenvalue weighted by atomic mass is 32.1. The Hall–Kier alpha value is -0.920. The smallest absolute Gasteiger partial charge is 0.151 e. The van der Waals surface area contributed by atoms with E-state index in [0.717, 1.165) is 18.1 Å². The van der Waals surface area contributed by atoms with Crippen molar-refractivity contribution in [3.8, 4) is 6.07 Å². The van der Waals surface area contributed by atoms with Gasteiger partial charge in [0, 0.05) is 11.9 Å². The number of nitrogens with one attached hydrogen (secondary N) is 1. The van der Waals surface area contributed by atoms with E-state index in [9.17, 15) is 0 Å². The predicted molar refractivity (Wildman–Crippen MR) is 44.2 cm³/mol.